The van der Waals surface area contributed by atoms with Crippen LogP contribution < -0.4 is 0 Å². The molecule has 0 heterocycles. The van der Waals surface area contributed by atoms with Gasteiger partial charge in [-0.15, -0.1) is 12.1 Å². The van der Waals surface area contributed by atoms with Crippen molar-refractivity contribution in [2.75, 3.05) is 0 Å². The molecule has 0 amide bonds. The zero-order valence-corrected chi connectivity index (χ0v) is 9.22. The van der Waals surface area contributed by atoms with Crippen molar-refractivity contribution in [2.45, 2.75) is 38.6 Å². The lowest BCUT2D eigenvalue weighted by Gasteiger charge is -2.05. The number of aliphatic hydroxyl groups is 1. The third-order valence-corrected chi connectivity index (χ3v) is 2.15. The molecule has 1 unspecified atom stereocenters. The summed E-state index contributed by atoms with van der Waals surface area (Å²) in [5, 5.41) is 9.34. The quantitative estimate of drug-likeness (QED) is 0.403. The lowest BCUT2D eigenvalue weighted by atomic mass is 10.2. The Morgan fingerprint density at radius 3 is 2.50 bits per heavy atom. The molecule has 0 bridgehead atoms. The molecule has 0 fully saturated rings. The Balaban J connectivity index is 3.86. The van der Waals surface area contributed by atoms with Crippen molar-refractivity contribution >= 4 is 8.07 Å². The smallest absolute Gasteiger partial charge is 0.129 e. The second-order valence-corrected chi connectivity index (χ2v) is 8.65. The number of rotatable bonds is 3. The molecule has 0 rings (SSSR count). The summed E-state index contributed by atoms with van der Waals surface area (Å²) in [6.07, 6.45) is 2.89. The maximum absolute atomic E-state index is 9.34. The summed E-state index contributed by atoms with van der Waals surface area (Å²) >= 11 is 0. The molecule has 1 N–H and O–H groups in total. The maximum atomic E-state index is 9.34. The van der Waals surface area contributed by atoms with Gasteiger partial charge in [0.25, 0.3) is 0 Å². The molecular weight excluding hydrogens is 164 g/mol. The summed E-state index contributed by atoms with van der Waals surface area (Å²) in [5.41, 5.74) is 3.14. The molecule has 0 aliphatic heterocycles. The van der Waals surface area contributed by atoms with Crippen LogP contribution in [0.2, 0.25) is 19.6 Å². The second-order valence-electron chi connectivity index (χ2n) is 3.90. The van der Waals surface area contributed by atoms with Crippen molar-refractivity contribution in [2.24, 2.45) is 0 Å². The highest BCUT2D eigenvalue weighted by molar-refractivity contribution is 6.83. The molecule has 0 saturated carbocycles. The van der Waals surface area contributed by atoms with Gasteiger partial charge in [-0.25, -0.2) is 0 Å². The van der Waals surface area contributed by atoms with Gasteiger partial charge in [-0.1, -0.05) is 31.6 Å². The lowest BCUT2D eigenvalue weighted by molar-refractivity contribution is 0.223. The van der Waals surface area contributed by atoms with Crippen molar-refractivity contribution in [1.82, 2.24) is 0 Å². The average molecular weight is 182 g/mol. The van der Waals surface area contributed by atoms with Crippen LogP contribution in [-0.2, 0) is 0 Å². The van der Waals surface area contributed by atoms with Gasteiger partial charge >= 0.3 is 0 Å². The Bertz CT molecular complexity index is 192. The normalized spacial score (nSPS) is 13.0. The van der Waals surface area contributed by atoms with E-state index in [-0.39, 0.29) is 0 Å². The standard InChI is InChI=1S/C10H18OSi/c1-5-6-7-10(11)8-9-12(2,3)4/h5,10-11H,1,6-7H2,2-4H3. The number of aliphatic hydroxyl groups excluding tert-OH is 1. The molecule has 0 aromatic rings. The van der Waals surface area contributed by atoms with Crippen LogP contribution in [0.25, 0.3) is 0 Å². The minimum Gasteiger partial charge on any atom is -0.380 e. The highest BCUT2D eigenvalue weighted by atomic mass is 28.3. The topological polar surface area (TPSA) is 20.2 Å². The molecule has 0 spiro atoms. The lowest BCUT2D eigenvalue weighted by Crippen LogP contribution is -2.17. The summed E-state index contributed by atoms with van der Waals surface area (Å²) in [6, 6.07) is 0. The van der Waals surface area contributed by atoms with Crippen molar-refractivity contribution in [3.05, 3.63) is 12.7 Å². The fourth-order valence-electron chi connectivity index (χ4n) is 0.648. The largest absolute Gasteiger partial charge is 0.380 e. The van der Waals surface area contributed by atoms with E-state index in [1.165, 1.54) is 0 Å². The molecule has 0 aliphatic carbocycles. The number of hydrogen-bond acceptors (Lipinski definition) is 1. The Morgan fingerprint density at radius 2 is 2.08 bits per heavy atom. The van der Waals surface area contributed by atoms with Crippen LogP contribution in [0.4, 0.5) is 0 Å². The monoisotopic (exact) mass is 182 g/mol. The van der Waals surface area contributed by atoms with Crippen molar-refractivity contribution in [3.63, 3.8) is 0 Å². The minimum absolute atomic E-state index is 0.463. The van der Waals surface area contributed by atoms with Crippen LogP contribution in [-0.4, -0.2) is 19.3 Å². The first-order valence-electron chi connectivity index (χ1n) is 4.27. The zero-order chi connectivity index (χ0) is 9.61. The Labute approximate surface area is 76.5 Å². The fraction of sp³-hybridized carbons (Fsp3) is 0.600. The molecule has 0 aromatic carbocycles. The van der Waals surface area contributed by atoms with E-state index in [4.69, 9.17) is 0 Å². The van der Waals surface area contributed by atoms with Crippen molar-refractivity contribution in [1.29, 1.82) is 0 Å². The van der Waals surface area contributed by atoms with Gasteiger partial charge in [0.05, 0.1) is 0 Å². The first-order valence-corrected chi connectivity index (χ1v) is 7.77. The third kappa shape index (κ3) is 7.58. The fourth-order valence-corrected chi connectivity index (χ4v) is 1.25. The molecule has 0 radical (unpaired) electrons. The first-order chi connectivity index (χ1) is 5.45. The molecular formula is C10H18OSi. The van der Waals surface area contributed by atoms with E-state index in [2.05, 4.69) is 37.7 Å². The van der Waals surface area contributed by atoms with Gasteiger partial charge in [-0.2, -0.15) is 0 Å². The number of allylic oxidation sites excluding steroid dienone is 1. The van der Waals surface area contributed by atoms with Crippen LogP contribution in [0.3, 0.4) is 0 Å². The van der Waals surface area contributed by atoms with E-state index < -0.39 is 14.2 Å². The Kier molecular flexibility index (Phi) is 4.95. The van der Waals surface area contributed by atoms with E-state index in [0.717, 1.165) is 6.42 Å². The van der Waals surface area contributed by atoms with E-state index >= 15 is 0 Å². The summed E-state index contributed by atoms with van der Waals surface area (Å²) < 4.78 is 0. The van der Waals surface area contributed by atoms with Gasteiger partial charge in [0.15, 0.2) is 0 Å². The van der Waals surface area contributed by atoms with Gasteiger partial charge in [0.1, 0.15) is 14.2 Å². The second kappa shape index (κ2) is 5.18. The first kappa shape index (κ1) is 11.5. The Morgan fingerprint density at radius 1 is 1.50 bits per heavy atom. The van der Waals surface area contributed by atoms with E-state index in [1.54, 1.807) is 6.08 Å². The van der Waals surface area contributed by atoms with E-state index in [9.17, 15) is 5.11 Å². The van der Waals surface area contributed by atoms with Gasteiger partial charge in [0.2, 0.25) is 0 Å². The predicted molar refractivity (Wildman–Crippen MR) is 56.6 cm³/mol. The van der Waals surface area contributed by atoms with Crippen LogP contribution in [0, 0.1) is 11.5 Å². The van der Waals surface area contributed by atoms with Crippen molar-refractivity contribution < 1.29 is 5.11 Å². The van der Waals surface area contributed by atoms with Crippen LogP contribution >= 0.6 is 0 Å². The molecule has 68 valence electrons. The number of hydrogen-bond donors (Lipinski definition) is 1. The molecule has 1 atom stereocenters. The van der Waals surface area contributed by atoms with E-state index in [1.807, 2.05) is 0 Å². The van der Waals surface area contributed by atoms with Crippen molar-refractivity contribution in [3.8, 4) is 11.5 Å². The SMILES string of the molecule is C=CCCC(O)C#C[Si](C)(C)C. The predicted octanol–water partition coefficient (Wildman–Crippen LogP) is 2.19. The molecule has 0 saturated heterocycles. The summed E-state index contributed by atoms with van der Waals surface area (Å²) in [7, 11) is -1.31. The molecule has 12 heavy (non-hydrogen) atoms. The van der Waals surface area contributed by atoms with Crippen LogP contribution in [0.5, 0.6) is 0 Å². The molecule has 1 nitrogen and oxygen atoms in total. The highest BCUT2D eigenvalue weighted by Crippen LogP contribution is 1.99. The maximum Gasteiger partial charge on any atom is 0.129 e. The molecule has 0 aliphatic rings. The average Bonchev–Trinajstić information content (AvgIpc) is 1.95. The van der Waals surface area contributed by atoms with Crippen LogP contribution in [0.1, 0.15) is 12.8 Å². The van der Waals surface area contributed by atoms with Gasteiger partial charge in [-0.3, -0.25) is 0 Å². The minimum atomic E-state index is -1.31. The third-order valence-electron chi connectivity index (χ3n) is 1.26. The van der Waals surface area contributed by atoms with Gasteiger partial charge < -0.3 is 5.11 Å². The Hall–Kier alpha value is -0.523. The summed E-state index contributed by atoms with van der Waals surface area (Å²) in [6.45, 7) is 10.1. The van der Waals surface area contributed by atoms with Gasteiger partial charge in [0, 0.05) is 0 Å². The molecule has 2 heteroatoms. The zero-order valence-electron chi connectivity index (χ0n) is 8.22. The van der Waals surface area contributed by atoms with Crippen LogP contribution in [0.15, 0.2) is 12.7 Å². The van der Waals surface area contributed by atoms with Gasteiger partial charge in [-0.05, 0) is 12.8 Å². The van der Waals surface area contributed by atoms with E-state index in [0.29, 0.717) is 6.42 Å². The highest BCUT2D eigenvalue weighted by Gasteiger charge is 2.08. The summed E-state index contributed by atoms with van der Waals surface area (Å²) in [5.74, 6) is 2.88. The summed E-state index contributed by atoms with van der Waals surface area (Å²) in [4.78, 5) is 0. The molecule has 0 aromatic heterocycles.